The molecule has 0 amide bonds. The lowest BCUT2D eigenvalue weighted by Crippen LogP contribution is -2.58. The highest BCUT2D eigenvalue weighted by Crippen LogP contribution is 2.41. The second-order valence-corrected chi connectivity index (χ2v) is 6.82. The van der Waals surface area contributed by atoms with Crippen molar-refractivity contribution in [2.24, 2.45) is 5.41 Å². The standard InChI is InChI=1S/C18H22N4/c1-15-4-2-6-17(20-15)22-13-18(14-22)7-9-21(12-18)11-16-5-3-8-19-10-16/h2-6,8,10H,7,9,11-14H2,1H3. The molecule has 0 bridgehead atoms. The van der Waals surface area contributed by atoms with Crippen LogP contribution >= 0.6 is 0 Å². The molecule has 2 saturated heterocycles. The summed E-state index contributed by atoms with van der Waals surface area (Å²) in [6.07, 6.45) is 5.12. The zero-order valence-corrected chi connectivity index (χ0v) is 13.1. The van der Waals surface area contributed by atoms with Crippen molar-refractivity contribution < 1.29 is 0 Å². The van der Waals surface area contributed by atoms with Crippen LogP contribution in [0.15, 0.2) is 42.7 Å². The molecular formula is C18H22N4. The second kappa shape index (κ2) is 5.36. The van der Waals surface area contributed by atoms with E-state index < -0.39 is 0 Å². The predicted molar refractivity (Wildman–Crippen MR) is 87.8 cm³/mol. The van der Waals surface area contributed by atoms with Crippen LogP contribution in [-0.2, 0) is 6.54 Å². The first-order valence-electron chi connectivity index (χ1n) is 8.02. The van der Waals surface area contributed by atoms with Crippen molar-refractivity contribution in [3.8, 4) is 0 Å². The molecular weight excluding hydrogens is 272 g/mol. The number of pyridine rings is 2. The molecule has 0 aromatic carbocycles. The summed E-state index contributed by atoms with van der Waals surface area (Å²) in [5.41, 5.74) is 2.90. The van der Waals surface area contributed by atoms with Gasteiger partial charge in [-0.2, -0.15) is 0 Å². The van der Waals surface area contributed by atoms with E-state index in [1.807, 2.05) is 18.5 Å². The van der Waals surface area contributed by atoms with Crippen LogP contribution in [0.4, 0.5) is 5.82 Å². The minimum atomic E-state index is 0.480. The Morgan fingerprint density at radius 2 is 2.05 bits per heavy atom. The molecule has 2 fully saturated rings. The monoisotopic (exact) mass is 294 g/mol. The minimum absolute atomic E-state index is 0.480. The molecule has 4 nitrogen and oxygen atoms in total. The zero-order valence-electron chi connectivity index (χ0n) is 13.1. The number of hydrogen-bond acceptors (Lipinski definition) is 4. The average molecular weight is 294 g/mol. The molecule has 0 atom stereocenters. The first-order valence-corrected chi connectivity index (χ1v) is 8.02. The maximum Gasteiger partial charge on any atom is 0.128 e. The smallest absolute Gasteiger partial charge is 0.128 e. The molecule has 0 radical (unpaired) electrons. The summed E-state index contributed by atoms with van der Waals surface area (Å²) < 4.78 is 0. The Hall–Kier alpha value is -1.94. The maximum atomic E-state index is 4.64. The van der Waals surface area contributed by atoms with Crippen molar-refractivity contribution in [2.45, 2.75) is 19.9 Å². The van der Waals surface area contributed by atoms with E-state index in [0.717, 1.165) is 31.1 Å². The second-order valence-electron chi connectivity index (χ2n) is 6.82. The lowest BCUT2D eigenvalue weighted by Gasteiger charge is -2.49. The largest absolute Gasteiger partial charge is 0.355 e. The van der Waals surface area contributed by atoms with E-state index in [-0.39, 0.29) is 0 Å². The van der Waals surface area contributed by atoms with E-state index in [0.29, 0.717) is 5.41 Å². The van der Waals surface area contributed by atoms with Gasteiger partial charge in [0.2, 0.25) is 0 Å². The van der Waals surface area contributed by atoms with Gasteiger partial charge in [-0.25, -0.2) is 4.98 Å². The predicted octanol–water partition coefficient (Wildman–Crippen LogP) is 2.50. The van der Waals surface area contributed by atoms with Crippen molar-refractivity contribution in [1.82, 2.24) is 14.9 Å². The normalized spacial score (nSPS) is 20.3. The van der Waals surface area contributed by atoms with Crippen LogP contribution in [-0.4, -0.2) is 41.0 Å². The highest BCUT2D eigenvalue weighted by molar-refractivity contribution is 5.44. The lowest BCUT2D eigenvalue weighted by atomic mass is 9.79. The fourth-order valence-corrected chi connectivity index (χ4v) is 3.80. The first-order chi connectivity index (χ1) is 10.7. The van der Waals surface area contributed by atoms with Crippen LogP contribution < -0.4 is 4.90 Å². The van der Waals surface area contributed by atoms with Gasteiger partial charge in [-0.3, -0.25) is 9.88 Å². The van der Waals surface area contributed by atoms with E-state index >= 15 is 0 Å². The van der Waals surface area contributed by atoms with Gasteiger partial charge in [-0.05, 0) is 43.7 Å². The van der Waals surface area contributed by atoms with Gasteiger partial charge < -0.3 is 4.90 Å². The molecule has 4 heterocycles. The van der Waals surface area contributed by atoms with E-state index in [9.17, 15) is 0 Å². The van der Waals surface area contributed by atoms with Crippen LogP contribution in [0.1, 0.15) is 17.7 Å². The topological polar surface area (TPSA) is 32.3 Å². The third-order valence-corrected chi connectivity index (χ3v) is 4.90. The number of nitrogens with zero attached hydrogens (tertiary/aromatic N) is 4. The number of hydrogen-bond donors (Lipinski definition) is 0. The third kappa shape index (κ3) is 2.59. The SMILES string of the molecule is Cc1cccc(N2CC3(CCN(Cc4cccnc4)C3)C2)n1. The summed E-state index contributed by atoms with van der Waals surface area (Å²) in [6.45, 7) is 7.77. The molecule has 2 aromatic heterocycles. The molecule has 1 spiro atoms. The van der Waals surface area contributed by atoms with Gasteiger partial charge in [0, 0.05) is 49.7 Å². The Morgan fingerprint density at radius 1 is 1.14 bits per heavy atom. The minimum Gasteiger partial charge on any atom is -0.355 e. The molecule has 2 aromatic rings. The molecule has 0 N–H and O–H groups in total. The summed E-state index contributed by atoms with van der Waals surface area (Å²) in [5.74, 6) is 1.14. The Morgan fingerprint density at radius 3 is 2.82 bits per heavy atom. The molecule has 22 heavy (non-hydrogen) atoms. The highest BCUT2D eigenvalue weighted by Gasteiger charge is 2.47. The number of aryl methyl sites for hydroxylation is 1. The molecule has 2 aliphatic heterocycles. The number of rotatable bonds is 3. The summed E-state index contributed by atoms with van der Waals surface area (Å²) >= 11 is 0. The van der Waals surface area contributed by atoms with Crippen molar-refractivity contribution in [3.63, 3.8) is 0 Å². The van der Waals surface area contributed by atoms with Crippen molar-refractivity contribution in [3.05, 3.63) is 54.0 Å². The summed E-state index contributed by atoms with van der Waals surface area (Å²) in [5, 5.41) is 0. The molecule has 4 rings (SSSR count). The fourth-order valence-electron chi connectivity index (χ4n) is 3.80. The molecule has 0 saturated carbocycles. The van der Waals surface area contributed by atoms with E-state index in [1.165, 1.54) is 25.1 Å². The van der Waals surface area contributed by atoms with Crippen LogP contribution in [0.2, 0.25) is 0 Å². The fraction of sp³-hybridized carbons (Fsp3) is 0.444. The van der Waals surface area contributed by atoms with Gasteiger partial charge in [0.25, 0.3) is 0 Å². The first kappa shape index (κ1) is 13.7. The van der Waals surface area contributed by atoms with Crippen LogP contribution in [0.3, 0.4) is 0 Å². The number of anilines is 1. The molecule has 0 aliphatic carbocycles. The Labute approximate surface area is 131 Å². The van der Waals surface area contributed by atoms with Crippen LogP contribution in [0, 0.1) is 12.3 Å². The molecule has 114 valence electrons. The van der Waals surface area contributed by atoms with E-state index in [1.54, 1.807) is 0 Å². The molecule has 2 aliphatic rings. The lowest BCUT2D eigenvalue weighted by molar-refractivity contribution is 0.201. The number of likely N-dealkylation sites (tertiary alicyclic amines) is 1. The van der Waals surface area contributed by atoms with Crippen molar-refractivity contribution in [1.29, 1.82) is 0 Å². The van der Waals surface area contributed by atoms with Crippen molar-refractivity contribution >= 4 is 5.82 Å². The average Bonchev–Trinajstić information content (AvgIpc) is 2.91. The van der Waals surface area contributed by atoms with E-state index in [4.69, 9.17) is 0 Å². The quantitative estimate of drug-likeness (QED) is 0.870. The Bertz CT molecular complexity index is 649. The highest BCUT2D eigenvalue weighted by atomic mass is 15.3. The Kier molecular flexibility index (Phi) is 3.34. The summed E-state index contributed by atoms with van der Waals surface area (Å²) in [4.78, 5) is 13.8. The third-order valence-electron chi connectivity index (χ3n) is 4.90. The molecule has 4 heteroatoms. The summed E-state index contributed by atoms with van der Waals surface area (Å²) in [6, 6.07) is 10.5. The zero-order chi connectivity index (χ0) is 15.0. The molecule has 0 unspecified atom stereocenters. The Balaban J connectivity index is 1.36. The van der Waals surface area contributed by atoms with Gasteiger partial charge in [0.1, 0.15) is 5.82 Å². The van der Waals surface area contributed by atoms with Gasteiger partial charge in [-0.15, -0.1) is 0 Å². The summed E-state index contributed by atoms with van der Waals surface area (Å²) in [7, 11) is 0. The van der Waals surface area contributed by atoms with Gasteiger partial charge >= 0.3 is 0 Å². The number of aromatic nitrogens is 2. The van der Waals surface area contributed by atoms with Gasteiger partial charge in [0.15, 0.2) is 0 Å². The van der Waals surface area contributed by atoms with Gasteiger partial charge in [0.05, 0.1) is 0 Å². The van der Waals surface area contributed by atoms with Gasteiger partial charge in [-0.1, -0.05) is 12.1 Å². The van der Waals surface area contributed by atoms with E-state index in [2.05, 4.69) is 51.0 Å². The van der Waals surface area contributed by atoms with Crippen LogP contribution in [0.5, 0.6) is 0 Å². The van der Waals surface area contributed by atoms with Crippen LogP contribution in [0.25, 0.3) is 0 Å². The maximum absolute atomic E-state index is 4.64. The van der Waals surface area contributed by atoms with Crippen molar-refractivity contribution in [2.75, 3.05) is 31.1 Å².